The second kappa shape index (κ2) is 14.3. The van der Waals surface area contributed by atoms with E-state index >= 15 is 4.57 Å². The van der Waals surface area contributed by atoms with Crippen LogP contribution in [-0.4, -0.2) is 29.5 Å². The first kappa shape index (κ1) is 35.9. The summed E-state index contributed by atoms with van der Waals surface area (Å²) in [5, 5.41) is 11.7. The molecule has 0 aliphatic rings. The number of pyridine rings is 2. The first-order chi connectivity index (χ1) is 29.0. The zero-order valence-corrected chi connectivity index (χ0v) is 35.3. The molecule has 11 aromatic rings. The molecule has 0 fully saturated rings. The molecule has 7 heteroatoms. The minimum Gasteiger partial charge on any atom is -0.0244 e. The standard InChI is InChI=1S/C52H35N3OP2Se/c56-57(38-15-5-1-6-16-38,39-17-7-2-8-18-39)42-27-32-49-50(34-42)55-51-44-29-26-37(33-36(44)25-30-46(51)45-23-13-14-24-47(45)52(55)54-49)48-31-28-43(35-53-48)58(59,40-19-9-3-10-20-40)41-21-11-4-12-22-41/h1-35H. The molecule has 0 aliphatic heterocycles. The second-order valence-corrected chi connectivity index (χ2v) is 23.8. The molecule has 4 nitrogen and oxygen atoms in total. The van der Waals surface area contributed by atoms with Crippen molar-refractivity contribution in [1.29, 1.82) is 0 Å². The predicted molar refractivity (Wildman–Crippen MR) is 252 cm³/mol. The van der Waals surface area contributed by atoms with E-state index in [2.05, 4.69) is 159 Å². The van der Waals surface area contributed by atoms with Gasteiger partial charge in [-0.1, -0.05) is 84.9 Å². The molecule has 0 bridgehead atoms. The first-order valence-electron chi connectivity index (χ1n) is 19.6. The van der Waals surface area contributed by atoms with Crippen LogP contribution in [0.5, 0.6) is 0 Å². The van der Waals surface area contributed by atoms with E-state index in [-0.39, 0.29) is 0 Å². The summed E-state index contributed by atoms with van der Waals surface area (Å²) in [6, 6.07) is 71.4. The Hall–Kier alpha value is -6.18. The maximum atomic E-state index is 15.6. The number of imidazole rings is 1. The molecular formula is C52H35N3OP2Se. The van der Waals surface area contributed by atoms with Crippen molar-refractivity contribution in [3.05, 3.63) is 212 Å². The van der Waals surface area contributed by atoms with E-state index in [1.807, 2.05) is 72.8 Å². The Balaban J connectivity index is 1.10. The smallest absolute Gasteiger partial charge is 0.0244 e. The van der Waals surface area contributed by atoms with Gasteiger partial charge in [-0.25, -0.2) is 4.98 Å². The monoisotopic (exact) mass is 859 g/mol. The van der Waals surface area contributed by atoms with Gasteiger partial charge in [0.1, 0.15) is 0 Å². The third kappa shape index (κ3) is 5.73. The van der Waals surface area contributed by atoms with E-state index in [1.165, 1.54) is 15.9 Å². The number of hydrogen-bond acceptors (Lipinski definition) is 3. The van der Waals surface area contributed by atoms with Gasteiger partial charge in [0, 0.05) is 21.3 Å². The van der Waals surface area contributed by atoms with Crippen LogP contribution in [0.2, 0.25) is 0 Å². The van der Waals surface area contributed by atoms with Gasteiger partial charge in [-0.15, -0.1) is 0 Å². The molecule has 0 saturated carbocycles. The number of aromatic nitrogens is 3. The van der Waals surface area contributed by atoms with Crippen LogP contribution in [0.4, 0.5) is 0 Å². The number of nitrogens with zero attached hydrogens (tertiary/aromatic N) is 3. The summed E-state index contributed by atoms with van der Waals surface area (Å²) in [4.78, 5) is 10.4. The maximum absolute atomic E-state index is 15.6. The minimum absolute atomic E-state index is 0.776. The van der Waals surface area contributed by atoms with Crippen LogP contribution in [0.25, 0.3) is 60.4 Å². The molecular weight excluding hydrogens is 823 g/mol. The van der Waals surface area contributed by atoms with E-state index in [9.17, 15) is 0 Å². The van der Waals surface area contributed by atoms with Crippen LogP contribution in [0, 0.1) is 0 Å². The van der Waals surface area contributed by atoms with E-state index in [1.54, 1.807) is 0 Å². The van der Waals surface area contributed by atoms with Gasteiger partial charge in [-0.3, -0.25) is 0 Å². The topological polar surface area (TPSA) is 47.3 Å². The normalized spacial score (nSPS) is 12.2. The summed E-state index contributed by atoms with van der Waals surface area (Å²) in [5.74, 6) is 0. The van der Waals surface area contributed by atoms with Crippen molar-refractivity contribution in [2.45, 2.75) is 0 Å². The van der Waals surface area contributed by atoms with Gasteiger partial charge in [-0.2, -0.15) is 0 Å². The summed E-state index contributed by atoms with van der Waals surface area (Å²) in [5.41, 5.74) is 3.67. The summed E-state index contributed by atoms with van der Waals surface area (Å²) in [6.07, 6.45) is 2.05. The SMILES string of the molecule is O=P(c1ccccc1)(c1ccccc1)c1ccc2nc3c4ccccc4c4ccc5cc(-c6ccc(P(=[Se])(c7ccccc7)c7ccccc7)cn6)ccc5c4n3c2c1. The van der Waals surface area contributed by atoms with Crippen molar-refractivity contribution in [3.63, 3.8) is 0 Å². The predicted octanol–water partition coefficient (Wildman–Crippen LogP) is 10.0. The number of fused-ring (bicyclic) bond motifs is 10. The van der Waals surface area contributed by atoms with Crippen molar-refractivity contribution >= 4 is 109 Å². The molecule has 0 N–H and O–H groups in total. The zero-order chi connectivity index (χ0) is 39.6. The fourth-order valence-corrected chi connectivity index (χ4v) is 16.2. The fourth-order valence-electron chi connectivity index (χ4n) is 8.70. The van der Waals surface area contributed by atoms with Crippen LogP contribution in [-0.2, 0) is 4.57 Å². The van der Waals surface area contributed by atoms with Gasteiger partial charge in [0.25, 0.3) is 0 Å². The average Bonchev–Trinajstić information content (AvgIpc) is 3.71. The molecule has 0 spiro atoms. The van der Waals surface area contributed by atoms with E-state index in [0.29, 0.717) is 0 Å². The molecule has 0 saturated heterocycles. The molecule has 59 heavy (non-hydrogen) atoms. The van der Waals surface area contributed by atoms with Gasteiger partial charge in [0.2, 0.25) is 0 Å². The first-order valence-corrected chi connectivity index (χ1v) is 25.3. The molecule has 280 valence electrons. The molecule has 3 heterocycles. The molecule has 0 aliphatic carbocycles. The summed E-state index contributed by atoms with van der Waals surface area (Å²) < 4.78 is 17.9. The van der Waals surface area contributed by atoms with E-state index in [0.717, 1.165) is 76.3 Å². The van der Waals surface area contributed by atoms with Gasteiger partial charge < -0.3 is 4.57 Å². The van der Waals surface area contributed by atoms with Crippen LogP contribution in [0.1, 0.15) is 0 Å². The zero-order valence-electron chi connectivity index (χ0n) is 31.8. The average molecular weight is 859 g/mol. The molecule has 0 unspecified atom stereocenters. The van der Waals surface area contributed by atoms with Crippen LogP contribution in [0.3, 0.4) is 0 Å². The molecule has 0 atom stereocenters. The van der Waals surface area contributed by atoms with E-state index in [4.69, 9.17) is 9.97 Å². The van der Waals surface area contributed by atoms with E-state index < -0.39 is 12.7 Å². The van der Waals surface area contributed by atoms with Gasteiger partial charge in [0.15, 0.2) is 7.14 Å². The van der Waals surface area contributed by atoms with Crippen LogP contribution < -0.4 is 31.8 Å². The van der Waals surface area contributed by atoms with Gasteiger partial charge in [0.05, 0.1) is 5.52 Å². The Labute approximate surface area is 349 Å². The van der Waals surface area contributed by atoms with Crippen molar-refractivity contribution < 1.29 is 4.57 Å². The number of hydrogen-bond donors (Lipinski definition) is 0. The number of benzene rings is 8. The molecule has 0 amide bonds. The summed E-state index contributed by atoms with van der Waals surface area (Å²) in [7, 11) is -3.23. The molecule has 11 rings (SSSR count). The Morgan fingerprint density at radius 2 is 1.02 bits per heavy atom. The van der Waals surface area contributed by atoms with Crippen LogP contribution in [0.15, 0.2) is 212 Å². The third-order valence-corrected chi connectivity index (χ3v) is 21.6. The van der Waals surface area contributed by atoms with Crippen molar-refractivity contribution in [2.24, 2.45) is 0 Å². The second-order valence-electron chi connectivity index (χ2n) is 14.8. The Morgan fingerprint density at radius 3 is 1.63 bits per heavy atom. The Bertz CT molecular complexity index is 3400. The molecule has 8 aromatic carbocycles. The van der Waals surface area contributed by atoms with Crippen molar-refractivity contribution in [2.75, 3.05) is 0 Å². The summed E-state index contributed by atoms with van der Waals surface area (Å²) in [6.45, 7) is 0. The number of rotatable bonds is 7. The van der Waals surface area contributed by atoms with Crippen molar-refractivity contribution in [3.8, 4) is 11.3 Å². The Kier molecular flexibility index (Phi) is 8.70. The summed E-state index contributed by atoms with van der Waals surface area (Å²) >= 11 is 3.65. The molecule has 3 aromatic heterocycles. The quantitative estimate of drug-likeness (QED) is 0.0912. The minimum atomic E-state index is -3.23. The Morgan fingerprint density at radius 1 is 0.458 bits per heavy atom. The van der Waals surface area contributed by atoms with Crippen LogP contribution >= 0.6 is 12.7 Å². The van der Waals surface area contributed by atoms with Gasteiger partial charge >= 0.3 is 205 Å². The van der Waals surface area contributed by atoms with Gasteiger partial charge in [-0.05, 0) is 18.2 Å². The molecule has 0 radical (unpaired) electrons. The third-order valence-electron chi connectivity index (χ3n) is 11.6. The fraction of sp³-hybridized carbons (Fsp3) is 0. The van der Waals surface area contributed by atoms with Crippen molar-refractivity contribution in [1.82, 2.24) is 14.4 Å².